The third-order valence-electron chi connectivity index (χ3n) is 3.92. The summed E-state index contributed by atoms with van der Waals surface area (Å²) in [5.41, 5.74) is 1.30. The van der Waals surface area contributed by atoms with Gasteiger partial charge in [0.05, 0.1) is 5.69 Å². The molecule has 1 aromatic heterocycles. The number of rotatable bonds is 2. The number of para-hydroxylation sites is 1. The summed E-state index contributed by atoms with van der Waals surface area (Å²) in [5.74, 6) is -0.171. The third kappa shape index (κ3) is 2.63. The minimum Gasteiger partial charge on any atom is -0.366 e. The number of halogens is 1. The molecule has 110 valence electrons. The van der Waals surface area contributed by atoms with Gasteiger partial charge in [-0.1, -0.05) is 12.1 Å². The maximum atomic E-state index is 13.8. The van der Waals surface area contributed by atoms with Gasteiger partial charge in [0.2, 0.25) is 0 Å². The van der Waals surface area contributed by atoms with Crippen LogP contribution >= 0.6 is 0 Å². The molecule has 1 aromatic carbocycles. The minimum absolute atomic E-state index is 0.0377. The zero-order valence-electron chi connectivity index (χ0n) is 12.0. The Labute approximate surface area is 123 Å². The van der Waals surface area contributed by atoms with E-state index < -0.39 is 0 Å². The molecular weight excluding hydrogens is 269 g/mol. The number of piperazine rings is 1. The van der Waals surface area contributed by atoms with Crippen molar-refractivity contribution in [2.45, 2.75) is 0 Å². The molecule has 0 N–H and O–H groups in total. The smallest absolute Gasteiger partial charge is 0.270 e. The Balaban J connectivity index is 1.67. The highest BCUT2D eigenvalue weighted by molar-refractivity contribution is 5.92. The zero-order chi connectivity index (χ0) is 14.8. The summed E-state index contributed by atoms with van der Waals surface area (Å²) in [5, 5.41) is 0. The summed E-state index contributed by atoms with van der Waals surface area (Å²) >= 11 is 0. The maximum Gasteiger partial charge on any atom is 0.270 e. The molecular formula is C16H18FN3O. The Bertz CT molecular complexity index is 644. The molecule has 0 radical (unpaired) electrons. The van der Waals surface area contributed by atoms with Crippen LogP contribution in [-0.2, 0) is 7.05 Å². The first-order chi connectivity index (χ1) is 10.2. The van der Waals surface area contributed by atoms with Crippen molar-refractivity contribution in [1.82, 2.24) is 9.47 Å². The van der Waals surface area contributed by atoms with Crippen LogP contribution in [0.2, 0.25) is 0 Å². The standard InChI is InChI=1S/C16H18FN3O/c1-18-8-4-7-15(18)16(21)20-11-9-19(10-12-20)14-6-3-2-5-13(14)17/h2-8H,9-12H2,1H3. The van der Waals surface area contributed by atoms with Crippen LogP contribution in [-0.4, -0.2) is 41.6 Å². The number of hydrogen-bond donors (Lipinski definition) is 0. The second-order valence-electron chi connectivity index (χ2n) is 5.23. The van der Waals surface area contributed by atoms with Crippen LogP contribution in [0.5, 0.6) is 0 Å². The fourth-order valence-electron chi connectivity index (χ4n) is 2.70. The summed E-state index contributed by atoms with van der Waals surface area (Å²) in [4.78, 5) is 16.2. The van der Waals surface area contributed by atoms with Crippen LogP contribution < -0.4 is 4.90 Å². The van der Waals surface area contributed by atoms with E-state index in [4.69, 9.17) is 0 Å². The Kier molecular flexibility index (Phi) is 3.64. The van der Waals surface area contributed by atoms with Gasteiger partial charge in [-0.15, -0.1) is 0 Å². The van der Waals surface area contributed by atoms with Gasteiger partial charge in [0.1, 0.15) is 11.5 Å². The van der Waals surface area contributed by atoms with E-state index in [1.54, 1.807) is 12.1 Å². The lowest BCUT2D eigenvalue weighted by Gasteiger charge is -2.36. The number of carbonyl (C=O) groups excluding carboxylic acids is 1. The first kappa shape index (κ1) is 13.7. The van der Waals surface area contributed by atoms with Crippen molar-refractivity contribution in [3.63, 3.8) is 0 Å². The van der Waals surface area contributed by atoms with E-state index in [0.29, 0.717) is 37.6 Å². The highest BCUT2D eigenvalue weighted by Gasteiger charge is 2.24. The second-order valence-corrected chi connectivity index (χ2v) is 5.23. The van der Waals surface area contributed by atoms with Crippen LogP contribution in [0.4, 0.5) is 10.1 Å². The molecule has 2 aromatic rings. The molecule has 3 rings (SSSR count). The maximum absolute atomic E-state index is 13.8. The summed E-state index contributed by atoms with van der Waals surface area (Å²) in [6.45, 7) is 2.52. The van der Waals surface area contributed by atoms with E-state index in [1.807, 2.05) is 45.8 Å². The number of anilines is 1. The van der Waals surface area contributed by atoms with Crippen molar-refractivity contribution < 1.29 is 9.18 Å². The van der Waals surface area contributed by atoms with E-state index in [0.717, 1.165) is 0 Å². The zero-order valence-corrected chi connectivity index (χ0v) is 12.0. The highest BCUT2D eigenvalue weighted by atomic mass is 19.1. The van der Waals surface area contributed by atoms with E-state index in [9.17, 15) is 9.18 Å². The molecule has 0 bridgehead atoms. The molecule has 0 atom stereocenters. The van der Waals surface area contributed by atoms with Crippen LogP contribution in [0.1, 0.15) is 10.5 Å². The molecule has 1 fully saturated rings. The van der Waals surface area contributed by atoms with E-state index >= 15 is 0 Å². The predicted molar refractivity (Wildman–Crippen MR) is 79.9 cm³/mol. The van der Waals surface area contributed by atoms with Crippen molar-refractivity contribution in [3.05, 3.63) is 54.1 Å². The second kappa shape index (κ2) is 5.60. The average Bonchev–Trinajstić information content (AvgIpc) is 2.93. The molecule has 21 heavy (non-hydrogen) atoms. The normalized spacial score (nSPS) is 15.3. The Morgan fingerprint density at radius 1 is 1.05 bits per heavy atom. The fraction of sp³-hybridized carbons (Fsp3) is 0.312. The van der Waals surface area contributed by atoms with E-state index in [-0.39, 0.29) is 11.7 Å². The third-order valence-corrected chi connectivity index (χ3v) is 3.92. The van der Waals surface area contributed by atoms with Crippen molar-refractivity contribution >= 4 is 11.6 Å². The molecule has 5 heteroatoms. The summed E-state index contributed by atoms with van der Waals surface area (Å²) in [6, 6.07) is 10.5. The van der Waals surface area contributed by atoms with Gasteiger partial charge in [-0.05, 0) is 24.3 Å². The monoisotopic (exact) mass is 287 g/mol. The summed E-state index contributed by atoms with van der Waals surface area (Å²) in [6.07, 6.45) is 1.86. The Morgan fingerprint density at radius 2 is 1.76 bits per heavy atom. The molecule has 2 heterocycles. The number of amides is 1. The lowest BCUT2D eigenvalue weighted by atomic mass is 10.2. The van der Waals surface area contributed by atoms with Crippen LogP contribution in [0, 0.1) is 5.82 Å². The SMILES string of the molecule is Cn1cccc1C(=O)N1CCN(c2ccccc2F)CC1. The number of nitrogens with zero attached hydrogens (tertiary/aromatic N) is 3. The van der Waals surface area contributed by atoms with Crippen molar-refractivity contribution in [2.24, 2.45) is 7.05 Å². The topological polar surface area (TPSA) is 28.5 Å². The van der Waals surface area contributed by atoms with E-state index in [1.165, 1.54) is 6.07 Å². The molecule has 4 nitrogen and oxygen atoms in total. The predicted octanol–water partition coefficient (Wildman–Crippen LogP) is 2.13. The van der Waals surface area contributed by atoms with Crippen LogP contribution in [0.3, 0.4) is 0 Å². The number of benzene rings is 1. The van der Waals surface area contributed by atoms with Gasteiger partial charge in [-0.25, -0.2) is 4.39 Å². The Hall–Kier alpha value is -2.30. The summed E-state index contributed by atoms with van der Waals surface area (Å²) in [7, 11) is 1.86. The molecule has 1 aliphatic rings. The molecule has 0 spiro atoms. The highest BCUT2D eigenvalue weighted by Crippen LogP contribution is 2.20. The number of aryl methyl sites for hydroxylation is 1. The van der Waals surface area contributed by atoms with Gasteiger partial charge in [-0.2, -0.15) is 0 Å². The van der Waals surface area contributed by atoms with Gasteiger partial charge >= 0.3 is 0 Å². The molecule has 0 aliphatic carbocycles. The van der Waals surface area contributed by atoms with Gasteiger partial charge in [-0.3, -0.25) is 4.79 Å². The fourth-order valence-corrected chi connectivity index (χ4v) is 2.70. The van der Waals surface area contributed by atoms with Gasteiger partial charge in [0.15, 0.2) is 0 Å². The lowest BCUT2D eigenvalue weighted by Crippen LogP contribution is -2.49. The van der Waals surface area contributed by atoms with Gasteiger partial charge in [0, 0.05) is 39.4 Å². The molecule has 0 saturated carbocycles. The van der Waals surface area contributed by atoms with Crippen molar-refractivity contribution in [1.29, 1.82) is 0 Å². The molecule has 1 aliphatic heterocycles. The largest absolute Gasteiger partial charge is 0.366 e. The summed E-state index contributed by atoms with van der Waals surface area (Å²) < 4.78 is 15.6. The van der Waals surface area contributed by atoms with Crippen molar-refractivity contribution in [3.8, 4) is 0 Å². The van der Waals surface area contributed by atoms with Crippen LogP contribution in [0.15, 0.2) is 42.6 Å². The van der Waals surface area contributed by atoms with Gasteiger partial charge in [0.25, 0.3) is 5.91 Å². The first-order valence-corrected chi connectivity index (χ1v) is 7.07. The molecule has 1 amide bonds. The Morgan fingerprint density at radius 3 is 2.38 bits per heavy atom. The van der Waals surface area contributed by atoms with E-state index in [2.05, 4.69) is 0 Å². The number of aromatic nitrogens is 1. The van der Waals surface area contributed by atoms with Gasteiger partial charge < -0.3 is 14.4 Å². The molecule has 1 saturated heterocycles. The first-order valence-electron chi connectivity index (χ1n) is 7.07. The average molecular weight is 287 g/mol. The lowest BCUT2D eigenvalue weighted by molar-refractivity contribution is 0.0737. The van der Waals surface area contributed by atoms with Crippen LogP contribution in [0.25, 0.3) is 0 Å². The number of hydrogen-bond acceptors (Lipinski definition) is 2. The minimum atomic E-state index is -0.209. The quantitative estimate of drug-likeness (QED) is 0.846. The van der Waals surface area contributed by atoms with Crippen molar-refractivity contribution in [2.75, 3.05) is 31.1 Å². The molecule has 0 unspecified atom stereocenters. The number of carbonyl (C=O) groups is 1.